The lowest BCUT2D eigenvalue weighted by atomic mass is 10.2. The second-order valence-electron chi connectivity index (χ2n) is 6.66. The van der Waals surface area contributed by atoms with Gasteiger partial charge in [-0.15, -0.1) is 0 Å². The van der Waals surface area contributed by atoms with E-state index in [0.717, 1.165) is 25.8 Å². The van der Waals surface area contributed by atoms with Crippen LogP contribution in [0.3, 0.4) is 0 Å². The molecule has 0 saturated carbocycles. The Morgan fingerprint density at radius 1 is 1.17 bits per heavy atom. The van der Waals surface area contributed by atoms with Gasteiger partial charge in [0.1, 0.15) is 12.0 Å². The fraction of sp³-hybridized carbons (Fsp3) is 0.364. The molecule has 1 amide bonds. The summed E-state index contributed by atoms with van der Waals surface area (Å²) in [6.07, 6.45) is 5.71. The maximum Gasteiger partial charge on any atom is 0.407 e. The number of rotatable bonds is 10. The Hall–Kier alpha value is -3.22. The second kappa shape index (κ2) is 10.4. The molecule has 2 heterocycles. The Bertz CT molecular complexity index is 992. The van der Waals surface area contributed by atoms with Crippen molar-refractivity contribution >= 4 is 17.0 Å². The van der Waals surface area contributed by atoms with Gasteiger partial charge in [-0.2, -0.15) is 0 Å². The van der Waals surface area contributed by atoms with Crippen LogP contribution in [0.15, 0.2) is 58.1 Å². The second-order valence-corrected chi connectivity index (χ2v) is 6.66. The predicted octanol–water partition coefficient (Wildman–Crippen LogP) is 4.09. The van der Waals surface area contributed by atoms with Crippen LogP contribution >= 0.6 is 0 Å². The van der Waals surface area contributed by atoms with Crippen molar-refractivity contribution in [2.75, 3.05) is 13.2 Å². The van der Waals surface area contributed by atoms with E-state index in [1.807, 2.05) is 6.07 Å². The highest BCUT2D eigenvalue weighted by Gasteiger charge is 2.07. The first-order chi connectivity index (χ1) is 14.2. The lowest BCUT2D eigenvalue weighted by molar-refractivity contribution is 0.130. The van der Waals surface area contributed by atoms with E-state index >= 15 is 0 Å². The monoisotopic (exact) mass is 398 g/mol. The minimum absolute atomic E-state index is 0.102. The zero-order valence-corrected chi connectivity index (χ0v) is 16.6. The van der Waals surface area contributed by atoms with Crippen LogP contribution in [0.25, 0.3) is 10.9 Å². The number of ether oxygens (including phenoxy) is 2. The highest BCUT2D eigenvalue weighted by molar-refractivity contribution is 5.79. The zero-order chi connectivity index (χ0) is 20.5. The first kappa shape index (κ1) is 20.5. The summed E-state index contributed by atoms with van der Waals surface area (Å²) in [6, 6.07) is 11.7. The van der Waals surface area contributed by atoms with Crippen molar-refractivity contribution in [3.8, 4) is 5.75 Å². The first-order valence-corrected chi connectivity index (χ1v) is 9.86. The molecule has 1 N–H and O–H groups in total. The molecule has 0 aliphatic carbocycles. The number of nitrogens with one attached hydrogen (secondary N) is 1. The summed E-state index contributed by atoms with van der Waals surface area (Å²) in [5, 5.41) is 3.75. The number of unbranched alkanes of at least 4 members (excludes halogenated alkanes) is 2. The molecule has 1 aromatic carbocycles. The Labute approximate surface area is 169 Å². The molecule has 7 heteroatoms. The molecule has 7 nitrogen and oxygen atoms in total. The van der Waals surface area contributed by atoms with Crippen LogP contribution in [0.2, 0.25) is 0 Å². The van der Waals surface area contributed by atoms with Crippen LogP contribution in [0.1, 0.15) is 31.9 Å². The highest BCUT2D eigenvalue weighted by Crippen LogP contribution is 2.16. The Balaban J connectivity index is 1.37. The number of amides is 1. The van der Waals surface area contributed by atoms with E-state index in [1.54, 1.807) is 6.92 Å². The van der Waals surface area contributed by atoms with Crippen LogP contribution in [-0.2, 0) is 17.9 Å². The number of alkyl carbamates (subject to hydrolysis) is 1. The topological polar surface area (TPSA) is 82.7 Å². The van der Waals surface area contributed by atoms with Gasteiger partial charge in [0, 0.05) is 30.9 Å². The van der Waals surface area contributed by atoms with E-state index in [4.69, 9.17) is 13.9 Å². The molecule has 2 aromatic heterocycles. The molecule has 0 aliphatic heterocycles. The summed E-state index contributed by atoms with van der Waals surface area (Å²) < 4.78 is 18.0. The summed E-state index contributed by atoms with van der Waals surface area (Å²) in [7, 11) is 0. The molecule has 0 spiro atoms. The molecule has 0 bridgehead atoms. The molecule has 0 atom stereocenters. The van der Waals surface area contributed by atoms with E-state index in [0.29, 0.717) is 13.2 Å². The SMILES string of the molecule is CCNC(=O)OCc1cc(=O)c(OCCCCCn2ccc3ccccc32)co1. The minimum atomic E-state index is -0.552. The van der Waals surface area contributed by atoms with Gasteiger partial charge in [0.2, 0.25) is 11.2 Å². The number of carbonyl (C=O) groups is 1. The van der Waals surface area contributed by atoms with Crippen molar-refractivity contribution < 1.29 is 18.7 Å². The number of carbonyl (C=O) groups excluding carboxylic acids is 1. The minimum Gasteiger partial charge on any atom is -0.487 e. The number of aromatic nitrogens is 1. The van der Waals surface area contributed by atoms with Crippen molar-refractivity contribution in [3.63, 3.8) is 0 Å². The number of fused-ring (bicyclic) bond motifs is 1. The number of benzene rings is 1. The molecular formula is C22H26N2O5. The maximum absolute atomic E-state index is 12.1. The summed E-state index contributed by atoms with van der Waals surface area (Å²) in [5.41, 5.74) is 0.960. The lowest BCUT2D eigenvalue weighted by Crippen LogP contribution is -2.23. The highest BCUT2D eigenvalue weighted by atomic mass is 16.6. The fourth-order valence-electron chi connectivity index (χ4n) is 3.03. The third kappa shape index (κ3) is 5.88. The molecule has 0 unspecified atom stereocenters. The average molecular weight is 398 g/mol. The van der Waals surface area contributed by atoms with Crippen LogP contribution < -0.4 is 15.5 Å². The van der Waals surface area contributed by atoms with E-state index in [1.165, 1.54) is 23.2 Å². The Morgan fingerprint density at radius 2 is 2.03 bits per heavy atom. The van der Waals surface area contributed by atoms with Crippen LogP contribution in [0, 0.1) is 0 Å². The fourth-order valence-corrected chi connectivity index (χ4v) is 3.03. The summed E-state index contributed by atoms with van der Waals surface area (Å²) in [5.74, 6) is 0.440. The molecule has 0 aliphatic rings. The van der Waals surface area contributed by atoms with Gasteiger partial charge in [0.15, 0.2) is 6.61 Å². The summed E-state index contributed by atoms with van der Waals surface area (Å²) >= 11 is 0. The molecule has 0 saturated heterocycles. The van der Waals surface area contributed by atoms with Gasteiger partial charge in [-0.1, -0.05) is 18.2 Å². The number of aryl methyl sites for hydroxylation is 1. The van der Waals surface area contributed by atoms with Gasteiger partial charge in [0.05, 0.1) is 6.61 Å². The number of hydrogen-bond donors (Lipinski definition) is 1. The normalized spacial score (nSPS) is 10.8. The van der Waals surface area contributed by atoms with Crippen LogP contribution in [0.5, 0.6) is 5.75 Å². The van der Waals surface area contributed by atoms with Gasteiger partial charge in [0.25, 0.3) is 0 Å². The molecule has 154 valence electrons. The van der Waals surface area contributed by atoms with Gasteiger partial charge in [-0.05, 0) is 43.7 Å². The van der Waals surface area contributed by atoms with Gasteiger partial charge in [-0.25, -0.2) is 4.79 Å². The van der Waals surface area contributed by atoms with Gasteiger partial charge in [-0.3, -0.25) is 4.79 Å². The number of para-hydroxylation sites is 1. The zero-order valence-electron chi connectivity index (χ0n) is 16.6. The van der Waals surface area contributed by atoms with Crippen molar-refractivity contribution in [2.24, 2.45) is 0 Å². The largest absolute Gasteiger partial charge is 0.487 e. The Kier molecular flexibility index (Phi) is 7.33. The van der Waals surface area contributed by atoms with Crippen molar-refractivity contribution in [1.29, 1.82) is 0 Å². The lowest BCUT2D eigenvalue weighted by Gasteiger charge is -2.08. The Morgan fingerprint density at radius 3 is 2.86 bits per heavy atom. The molecule has 0 radical (unpaired) electrons. The van der Waals surface area contributed by atoms with Gasteiger partial charge < -0.3 is 23.8 Å². The van der Waals surface area contributed by atoms with Gasteiger partial charge >= 0.3 is 6.09 Å². The number of hydrogen-bond acceptors (Lipinski definition) is 5. The molecule has 0 fully saturated rings. The quantitative estimate of drug-likeness (QED) is 0.520. The molecule has 3 rings (SSSR count). The third-order valence-electron chi connectivity index (χ3n) is 4.50. The predicted molar refractivity (Wildman–Crippen MR) is 110 cm³/mol. The third-order valence-corrected chi connectivity index (χ3v) is 4.50. The maximum atomic E-state index is 12.1. The number of nitrogens with zero attached hydrogens (tertiary/aromatic N) is 1. The summed E-state index contributed by atoms with van der Waals surface area (Å²) in [6.45, 7) is 3.56. The molecule has 3 aromatic rings. The van der Waals surface area contributed by atoms with Crippen LogP contribution in [-0.4, -0.2) is 23.8 Å². The van der Waals surface area contributed by atoms with E-state index < -0.39 is 6.09 Å². The smallest absolute Gasteiger partial charge is 0.407 e. The molecule has 29 heavy (non-hydrogen) atoms. The van der Waals surface area contributed by atoms with Crippen molar-refractivity contribution in [2.45, 2.75) is 39.3 Å². The van der Waals surface area contributed by atoms with Crippen molar-refractivity contribution in [1.82, 2.24) is 9.88 Å². The summed E-state index contributed by atoms with van der Waals surface area (Å²) in [4.78, 5) is 23.3. The van der Waals surface area contributed by atoms with E-state index in [-0.39, 0.29) is 23.5 Å². The molecular weight excluding hydrogens is 372 g/mol. The average Bonchev–Trinajstić information content (AvgIpc) is 3.13. The standard InChI is InChI=1S/C22H26N2O5/c1-2-23-22(26)29-15-18-14-20(25)21(16-28-18)27-13-7-3-6-11-24-12-10-17-8-4-5-9-19(17)24/h4-5,8-10,12,14,16H,2-3,6-7,11,13,15H2,1H3,(H,23,26). The van der Waals surface area contributed by atoms with Crippen molar-refractivity contribution in [3.05, 3.63) is 64.8 Å². The van der Waals surface area contributed by atoms with E-state index in [2.05, 4.69) is 40.3 Å². The van der Waals surface area contributed by atoms with Crippen LogP contribution in [0.4, 0.5) is 4.79 Å². The van der Waals surface area contributed by atoms with E-state index in [9.17, 15) is 9.59 Å². The first-order valence-electron chi connectivity index (χ1n) is 9.86.